The number of aryl methyl sites for hydroxylation is 1. The van der Waals surface area contributed by atoms with Crippen LogP contribution in [0, 0.1) is 6.92 Å². The van der Waals surface area contributed by atoms with Gasteiger partial charge in [-0.3, -0.25) is 9.78 Å². The van der Waals surface area contributed by atoms with Crippen LogP contribution in [0.15, 0.2) is 49.1 Å². The molecular formula is C23H29N9O. The fourth-order valence-electron chi connectivity index (χ4n) is 3.57. The van der Waals surface area contributed by atoms with Gasteiger partial charge in [-0.05, 0) is 36.8 Å². The van der Waals surface area contributed by atoms with E-state index in [0.29, 0.717) is 11.6 Å². The van der Waals surface area contributed by atoms with Crippen LogP contribution in [-0.4, -0.2) is 63.6 Å². The molecule has 1 aliphatic rings. The van der Waals surface area contributed by atoms with Crippen molar-refractivity contribution < 1.29 is 4.79 Å². The van der Waals surface area contributed by atoms with E-state index >= 15 is 0 Å². The van der Waals surface area contributed by atoms with Gasteiger partial charge in [-0.2, -0.15) is 5.53 Å². The van der Waals surface area contributed by atoms with E-state index in [1.165, 1.54) is 0 Å². The lowest BCUT2D eigenvalue weighted by Crippen LogP contribution is -2.56. The fraction of sp³-hybridized carbons (Fsp3) is 0.348. The van der Waals surface area contributed by atoms with Crippen molar-refractivity contribution in [2.45, 2.75) is 20.3 Å². The molecule has 1 fully saturated rings. The van der Waals surface area contributed by atoms with Crippen molar-refractivity contribution in [3.63, 3.8) is 0 Å². The number of hydrazine groups is 2. The highest BCUT2D eigenvalue weighted by atomic mass is 16.1. The Morgan fingerprint density at radius 2 is 1.79 bits per heavy atom. The number of rotatable bonds is 8. The molecule has 33 heavy (non-hydrogen) atoms. The van der Waals surface area contributed by atoms with Crippen LogP contribution in [0.2, 0.25) is 0 Å². The highest BCUT2D eigenvalue weighted by Gasteiger charge is 2.17. The molecular weight excluding hydrogens is 418 g/mol. The third kappa shape index (κ3) is 6.28. The van der Waals surface area contributed by atoms with E-state index in [9.17, 15) is 4.79 Å². The molecule has 3 N–H and O–H groups in total. The first kappa shape index (κ1) is 22.7. The number of amides is 1. The van der Waals surface area contributed by atoms with Crippen LogP contribution in [0.3, 0.4) is 0 Å². The minimum atomic E-state index is -0.158. The van der Waals surface area contributed by atoms with Crippen molar-refractivity contribution in [2.24, 2.45) is 0 Å². The first-order valence-corrected chi connectivity index (χ1v) is 11.1. The summed E-state index contributed by atoms with van der Waals surface area (Å²) in [5, 5.41) is 5.01. The molecule has 4 heterocycles. The summed E-state index contributed by atoms with van der Waals surface area (Å²) in [6, 6.07) is 7.62. The number of nitrogens with one attached hydrogen (secondary N) is 3. The van der Waals surface area contributed by atoms with Crippen molar-refractivity contribution in [3.8, 4) is 11.4 Å². The van der Waals surface area contributed by atoms with Crippen molar-refractivity contribution in [1.82, 2.24) is 35.9 Å². The topological polar surface area (TPSA) is 111 Å². The molecule has 0 spiro atoms. The summed E-state index contributed by atoms with van der Waals surface area (Å²) in [4.78, 5) is 32.1. The van der Waals surface area contributed by atoms with E-state index in [4.69, 9.17) is 0 Å². The molecule has 0 aliphatic carbocycles. The van der Waals surface area contributed by atoms with Gasteiger partial charge in [-0.1, -0.05) is 6.92 Å². The Bertz CT molecular complexity index is 1050. The van der Waals surface area contributed by atoms with Crippen LogP contribution in [0.4, 0.5) is 11.5 Å². The summed E-state index contributed by atoms with van der Waals surface area (Å²) in [7, 11) is 0. The lowest BCUT2D eigenvalue weighted by Gasteiger charge is -2.35. The lowest BCUT2D eigenvalue weighted by molar-refractivity contribution is -0.115. The zero-order valence-electron chi connectivity index (χ0n) is 19.0. The zero-order chi connectivity index (χ0) is 23.0. The molecule has 10 nitrogen and oxygen atoms in total. The highest BCUT2D eigenvalue weighted by Crippen LogP contribution is 2.17. The van der Waals surface area contributed by atoms with E-state index in [1.54, 1.807) is 24.8 Å². The summed E-state index contributed by atoms with van der Waals surface area (Å²) < 4.78 is 0. The molecule has 172 valence electrons. The molecule has 4 rings (SSSR count). The van der Waals surface area contributed by atoms with Gasteiger partial charge in [0.25, 0.3) is 0 Å². The lowest BCUT2D eigenvalue weighted by atomic mass is 10.2. The summed E-state index contributed by atoms with van der Waals surface area (Å²) >= 11 is 0. The summed E-state index contributed by atoms with van der Waals surface area (Å²) in [5.41, 5.74) is 9.90. The maximum absolute atomic E-state index is 12.4. The third-order valence-corrected chi connectivity index (χ3v) is 5.30. The number of carbonyl (C=O) groups excluding carboxylic acids is 1. The maximum Gasteiger partial charge on any atom is 0.230 e. The number of hydrogen-bond donors (Lipinski definition) is 3. The molecule has 0 saturated carbocycles. The fourth-order valence-corrected chi connectivity index (χ4v) is 3.57. The molecule has 0 bridgehead atoms. The summed E-state index contributed by atoms with van der Waals surface area (Å²) in [6.45, 7) is 8.49. The SMILES string of the molecule is CCNNN1CCN(c2ccc(NC(=O)Cc3cnc(-c4ccnc(C)c4)nc3)nc2)CC1. The average Bonchev–Trinajstić information content (AvgIpc) is 2.84. The highest BCUT2D eigenvalue weighted by molar-refractivity contribution is 5.91. The number of carbonyl (C=O) groups is 1. The summed E-state index contributed by atoms with van der Waals surface area (Å²) in [6.07, 6.45) is 7.07. The predicted octanol–water partition coefficient (Wildman–Crippen LogP) is 1.57. The predicted molar refractivity (Wildman–Crippen MR) is 127 cm³/mol. The monoisotopic (exact) mass is 447 g/mol. The van der Waals surface area contributed by atoms with Crippen LogP contribution in [0.5, 0.6) is 0 Å². The number of aromatic nitrogens is 4. The molecule has 0 unspecified atom stereocenters. The zero-order valence-corrected chi connectivity index (χ0v) is 19.0. The minimum absolute atomic E-state index is 0.158. The van der Waals surface area contributed by atoms with Gasteiger partial charge in [0.15, 0.2) is 5.82 Å². The van der Waals surface area contributed by atoms with Gasteiger partial charge in [0.2, 0.25) is 5.91 Å². The van der Waals surface area contributed by atoms with Gasteiger partial charge in [-0.15, -0.1) is 0 Å². The van der Waals surface area contributed by atoms with Gasteiger partial charge in [-0.25, -0.2) is 25.4 Å². The Balaban J connectivity index is 1.27. The van der Waals surface area contributed by atoms with Crippen molar-refractivity contribution in [3.05, 3.63) is 60.3 Å². The van der Waals surface area contributed by atoms with E-state index in [1.807, 2.05) is 31.2 Å². The minimum Gasteiger partial charge on any atom is -0.368 e. The molecule has 0 atom stereocenters. The molecule has 0 aromatic carbocycles. The van der Waals surface area contributed by atoms with E-state index in [-0.39, 0.29) is 12.3 Å². The quantitative estimate of drug-likeness (QED) is 0.443. The van der Waals surface area contributed by atoms with Crippen LogP contribution < -0.4 is 21.2 Å². The van der Waals surface area contributed by atoms with Crippen molar-refractivity contribution in [1.29, 1.82) is 0 Å². The van der Waals surface area contributed by atoms with Gasteiger partial charge in [0.1, 0.15) is 5.82 Å². The van der Waals surface area contributed by atoms with Gasteiger partial charge < -0.3 is 10.2 Å². The largest absolute Gasteiger partial charge is 0.368 e. The standard InChI is InChI=1S/C23H29N9O/c1-3-28-30-32-10-8-31(9-11-32)20-4-5-21(25-16-20)29-22(33)13-18-14-26-23(27-15-18)19-6-7-24-17(2)12-19/h4-7,12,14-16,28,30H,3,8-11,13H2,1-2H3,(H,25,29,33). The second kappa shape index (κ2) is 10.9. The normalized spacial score (nSPS) is 14.3. The summed E-state index contributed by atoms with van der Waals surface area (Å²) in [5.74, 6) is 0.982. The Hall–Kier alpha value is -3.47. The van der Waals surface area contributed by atoms with Crippen LogP contribution in [0.1, 0.15) is 18.2 Å². The van der Waals surface area contributed by atoms with E-state index in [2.05, 4.69) is 53.0 Å². The molecule has 0 radical (unpaired) electrons. The average molecular weight is 448 g/mol. The molecule has 1 amide bonds. The number of anilines is 2. The smallest absolute Gasteiger partial charge is 0.230 e. The van der Waals surface area contributed by atoms with E-state index in [0.717, 1.165) is 55.2 Å². The molecule has 3 aromatic heterocycles. The van der Waals surface area contributed by atoms with Crippen molar-refractivity contribution in [2.75, 3.05) is 42.9 Å². The third-order valence-electron chi connectivity index (χ3n) is 5.30. The number of piperazine rings is 1. The molecule has 10 heteroatoms. The second-order valence-corrected chi connectivity index (χ2v) is 7.84. The Morgan fingerprint density at radius 1 is 1.00 bits per heavy atom. The van der Waals surface area contributed by atoms with Crippen LogP contribution >= 0.6 is 0 Å². The van der Waals surface area contributed by atoms with Gasteiger partial charge in [0, 0.05) is 62.6 Å². The Labute approximate surface area is 193 Å². The number of pyridine rings is 2. The first-order chi connectivity index (χ1) is 16.1. The molecule has 3 aromatic rings. The maximum atomic E-state index is 12.4. The second-order valence-electron chi connectivity index (χ2n) is 7.84. The first-order valence-electron chi connectivity index (χ1n) is 11.1. The van der Waals surface area contributed by atoms with Gasteiger partial charge in [0.05, 0.1) is 18.3 Å². The van der Waals surface area contributed by atoms with Gasteiger partial charge >= 0.3 is 0 Å². The van der Waals surface area contributed by atoms with E-state index < -0.39 is 0 Å². The molecule has 1 aliphatic heterocycles. The van der Waals surface area contributed by atoms with Crippen LogP contribution in [0.25, 0.3) is 11.4 Å². The van der Waals surface area contributed by atoms with Crippen LogP contribution in [-0.2, 0) is 11.2 Å². The Morgan fingerprint density at radius 3 is 2.45 bits per heavy atom. The number of hydrogen-bond acceptors (Lipinski definition) is 9. The Kier molecular flexibility index (Phi) is 7.51. The number of nitrogens with zero attached hydrogens (tertiary/aromatic N) is 6. The molecule has 1 saturated heterocycles. The van der Waals surface area contributed by atoms with Crippen molar-refractivity contribution >= 4 is 17.4 Å².